The molecule has 0 aliphatic carbocycles. The maximum atomic E-state index is 12.1. The Kier molecular flexibility index (Phi) is 5.72. The lowest BCUT2D eigenvalue weighted by molar-refractivity contribution is -0.607. The minimum absolute atomic E-state index is 0.0494. The number of rotatable bonds is 6. The molecule has 2 heterocycles. The molecule has 0 atom stereocenters. The smallest absolute Gasteiger partial charge is 0.264 e. The van der Waals surface area contributed by atoms with Crippen molar-refractivity contribution in [1.82, 2.24) is 0 Å². The molecule has 1 aromatic carbocycles. The normalized spacial score (nSPS) is 11.1. The molecule has 0 spiro atoms. The Hall–Kier alpha value is -4.06. The van der Waals surface area contributed by atoms with E-state index in [0.29, 0.717) is 9.46 Å². The van der Waals surface area contributed by atoms with Crippen LogP contribution < -0.4 is 9.46 Å². The highest BCUT2D eigenvalue weighted by Gasteiger charge is 2.12. The van der Waals surface area contributed by atoms with Gasteiger partial charge >= 0.3 is 0 Å². The van der Waals surface area contributed by atoms with Crippen molar-refractivity contribution < 1.29 is 19.0 Å². The van der Waals surface area contributed by atoms with Gasteiger partial charge in [0.05, 0.1) is 0 Å². The van der Waals surface area contributed by atoms with Gasteiger partial charge in [0, 0.05) is 24.3 Å². The second-order valence-electron chi connectivity index (χ2n) is 5.89. The van der Waals surface area contributed by atoms with Crippen molar-refractivity contribution in [2.75, 3.05) is 0 Å². The van der Waals surface area contributed by atoms with Gasteiger partial charge in [-0.15, -0.1) is 0 Å². The number of aromatic nitrogens is 2. The molecule has 0 aliphatic heterocycles. The fourth-order valence-electron chi connectivity index (χ4n) is 2.47. The Morgan fingerprint density at radius 2 is 1.04 bits per heavy atom. The second-order valence-corrected chi connectivity index (χ2v) is 5.89. The van der Waals surface area contributed by atoms with Crippen LogP contribution in [-0.4, -0.2) is 11.6 Å². The largest absolute Gasteiger partial charge is 0.618 e. The highest BCUT2D eigenvalue weighted by molar-refractivity contribution is 6.05. The molecular formula is C22H16N2O4. The first-order valence-corrected chi connectivity index (χ1v) is 8.46. The van der Waals surface area contributed by atoms with Gasteiger partial charge in [0.15, 0.2) is 12.4 Å². The predicted octanol–water partition coefficient (Wildman–Crippen LogP) is 2.75. The average Bonchev–Trinajstić information content (AvgIpc) is 2.71. The van der Waals surface area contributed by atoms with E-state index in [1.165, 1.54) is 36.7 Å². The molecule has 0 aliphatic rings. The molecule has 0 radical (unpaired) electrons. The van der Waals surface area contributed by atoms with Crippen LogP contribution in [0.4, 0.5) is 0 Å². The summed E-state index contributed by atoms with van der Waals surface area (Å²) in [4.78, 5) is 24.1. The zero-order chi connectivity index (χ0) is 19.9. The third-order valence-corrected chi connectivity index (χ3v) is 3.94. The van der Waals surface area contributed by atoms with Crippen molar-refractivity contribution >= 4 is 23.7 Å². The van der Waals surface area contributed by atoms with E-state index in [0.717, 1.165) is 11.1 Å². The number of benzene rings is 1. The molecule has 28 heavy (non-hydrogen) atoms. The monoisotopic (exact) mass is 372 g/mol. The second kappa shape index (κ2) is 8.55. The number of hydrogen-bond acceptors (Lipinski definition) is 4. The topological polar surface area (TPSA) is 88.0 Å². The van der Waals surface area contributed by atoms with Gasteiger partial charge in [-0.2, -0.15) is 9.46 Å². The zero-order valence-corrected chi connectivity index (χ0v) is 14.8. The van der Waals surface area contributed by atoms with E-state index in [1.54, 1.807) is 60.7 Å². The summed E-state index contributed by atoms with van der Waals surface area (Å²) in [6, 6.07) is 16.4. The third kappa shape index (κ3) is 4.56. The fourth-order valence-corrected chi connectivity index (χ4v) is 2.47. The SMILES string of the molecule is O=C(/C=C/c1ccc(/C=C/C(=O)c2cccc[n+]2[O-])cc1)c1cccc[n+]1[O-]. The molecular weight excluding hydrogens is 356 g/mol. The number of hydrogen-bond donors (Lipinski definition) is 0. The molecule has 0 amide bonds. The van der Waals surface area contributed by atoms with E-state index in [2.05, 4.69) is 0 Å². The molecule has 2 aromatic heterocycles. The first kappa shape index (κ1) is 18.7. The lowest BCUT2D eigenvalue weighted by Gasteiger charge is -2.00. The summed E-state index contributed by atoms with van der Waals surface area (Å²) in [5.41, 5.74) is 1.64. The Balaban J connectivity index is 1.67. The minimum atomic E-state index is -0.390. The maximum absolute atomic E-state index is 12.1. The molecule has 6 nitrogen and oxygen atoms in total. The van der Waals surface area contributed by atoms with Gasteiger partial charge in [0.1, 0.15) is 0 Å². The molecule has 138 valence electrons. The van der Waals surface area contributed by atoms with Crippen molar-refractivity contribution in [3.63, 3.8) is 0 Å². The molecule has 6 heteroatoms. The van der Waals surface area contributed by atoms with Crippen molar-refractivity contribution in [3.05, 3.63) is 118 Å². The third-order valence-electron chi connectivity index (χ3n) is 3.94. The van der Waals surface area contributed by atoms with Crippen LogP contribution in [0.15, 0.2) is 85.2 Å². The van der Waals surface area contributed by atoms with Crippen molar-refractivity contribution in [1.29, 1.82) is 0 Å². The average molecular weight is 372 g/mol. The first-order chi connectivity index (χ1) is 13.5. The lowest BCUT2D eigenvalue weighted by Crippen LogP contribution is -2.33. The molecule has 0 unspecified atom stereocenters. The standard InChI is InChI=1S/C22H16N2O4/c25-21(19-5-1-3-15-23(19)27)13-11-17-7-9-18(10-8-17)12-14-22(26)20-6-2-4-16-24(20)28/h1-16H/b13-11+,14-12+. The predicted molar refractivity (Wildman–Crippen MR) is 104 cm³/mol. The lowest BCUT2D eigenvalue weighted by atomic mass is 10.1. The highest BCUT2D eigenvalue weighted by Crippen LogP contribution is 2.09. The van der Waals surface area contributed by atoms with Crippen LogP contribution in [-0.2, 0) is 0 Å². The van der Waals surface area contributed by atoms with Gasteiger partial charge in [-0.25, -0.2) is 0 Å². The van der Waals surface area contributed by atoms with Crippen LogP contribution in [0.5, 0.6) is 0 Å². The summed E-state index contributed by atoms with van der Waals surface area (Å²) in [6.45, 7) is 0. The van der Waals surface area contributed by atoms with Gasteiger partial charge in [0.2, 0.25) is 0 Å². The van der Waals surface area contributed by atoms with Crippen LogP contribution in [0.1, 0.15) is 32.1 Å². The van der Waals surface area contributed by atoms with Crippen molar-refractivity contribution in [2.24, 2.45) is 0 Å². The van der Waals surface area contributed by atoms with E-state index < -0.39 is 0 Å². The number of carbonyl (C=O) groups is 2. The van der Waals surface area contributed by atoms with E-state index in [-0.39, 0.29) is 23.0 Å². The van der Waals surface area contributed by atoms with Gasteiger partial charge in [-0.1, -0.05) is 36.4 Å². The summed E-state index contributed by atoms with van der Waals surface area (Å²) < 4.78 is 1.05. The number of pyridine rings is 2. The van der Waals surface area contributed by atoms with Crippen molar-refractivity contribution in [2.45, 2.75) is 0 Å². The van der Waals surface area contributed by atoms with Crippen LogP contribution in [0.25, 0.3) is 12.2 Å². The van der Waals surface area contributed by atoms with E-state index in [9.17, 15) is 20.0 Å². The van der Waals surface area contributed by atoms with Crippen LogP contribution in [0, 0.1) is 10.4 Å². The zero-order valence-electron chi connectivity index (χ0n) is 14.8. The molecule has 0 saturated heterocycles. The van der Waals surface area contributed by atoms with Gasteiger partial charge < -0.3 is 10.4 Å². The number of nitrogens with zero attached hydrogens (tertiary/aromatic N) is 2. The van der Waals surface area contributed by atoms with Gasteiger partial charge in [-0.05, 0) is 35.4 Å². The fraction of sp³-hybridized carbons (Fsp3) is 0. The van der Waals surface area contributed by atoms with E-state index in [4.69, 9.17) is 0 Å². The Morgan fingerprint density at radius 3 is 1.39 bits per heavy atom. The molecule has 3 rings (SSSR count). The summed E-state index contributed by atoms with van der Waals surface area (Å²) in [7, 11) is 0. The number of ketones is 2. The van der Waals surface area contributed by atoms with Crippen LogP contribution >= 0.6 is 0 Å². The summed E-state index contributed by atoms with van der Waals surface area (Å²) in [5, 5.41) is 23.1. The van der Waals surface area contributed by atoms with Crippen LogP contribution in [0.2, 0.25) is 0 Å². The maximum Gasteiger partial charge on any atom is 0.264 e. The molecule has 0 bridgehead atoms. The Labute approximate surface area is 161 Å². The quantitative estimate of drug-likeness (QED) is 0.288. The van der Waals surface area contributed by atoms with Crippen LogP contribution in [0.3, 0.4) is 0 Å². The minimum Gasteiger partial charge on any atom is -0.618 e. The molecule has 0 saturated carbocycles. The van der Waals surface area contributed by atoms with E-state index >= 15 is 0 Å². The number of carbonyl (C=O) groups excluding carboxylic acids is 2. The summed E-state index contributed by atoms with van der Waals surface area (Å²) in [5.74, 6) is -0.780. The van der Waals surface area contributed by atoms with Crippen molar-refractivity contribution in [3.8, 4) is 0 Å². The first-order valence-electron chi connectivity index (χ1n) is 8.46. The molecule has 0 N–H and O–H groups in total. The van der Waals surface area contributed by atoms with E-state index in [1.807, 2.05) is 0 Å². The number of allylic oxidation sites excluding steroid dienone is 2. The Morgan fingerprint density at radius 1 is 0.643 bits per heavy atom. The summed E-state index contributed by atoms with van der Waals surface area (Å²) >= 11 is 0. The van der Waals surface area contributed by atoms with Gasteiger partial charge in [0.25, 0.3) is 23.0 Å². The summed E-state index contributed by atoms with van der Waals surface area (Å²) in [6.07, 6.45) is 8.43. The molecule has 3 aromatic rings. The Bertz CT molecular complexity index is 983. The molecule has 0 fully saturated rings. The highest BCUT2D eigenvalue weighted by atomic mass is 16.5. The van der Waals surface area contributed by atoms with Gasteiger partial charge in [-0.3, -0.25) is 9.59 Å².